The molecule has 76 valence electrons. The second-order valence-corrected chi connectivity index (χ2v) is 3.08. The van der Waals surface area contributed by atoms with Gasteiger partial charge in [-0.05, 0) is 25.6 Å². The number of hydrogen-bond donors (Lipinski definition) is 2. The average Bonchev–Trinajstić information content (AvgIpc) is 2.19. The Hall–Kier alpha value is -1.42. The summed E-state index contributed by atoms with van der Waals surface area (Å²) in [4.78, 5) is 15.5. The molecule has 1 aromatic heterocycles. The number of nitrogens with zero attached hydrogens (tertiary/aromatic N) is 1. The minimum absolute atomic E-state index is 0.125. The van der Waals surface area contributed by atoms with Crippen LogP contribution < -0.4 is 10.6 Å². The number of hydrogen-bond acceptors (Lipinski definition) is 3. The first-order valence-corrected chi connectivity index (χ1v) is 4.59. The lowest BCUT2D eigenvalue weighted by molar-refractivity contribution is 0.0949. The highest BCUT2D eigenvalue weighted by Crippen LogP contribution is 1.97. The van der Waals surface area contributed by atoms with Crippen LogP contribution in [0.4, 0.5) is 0 Å². The van der Waals surface area contributed by atoms with Gasteiger partial charge in [-0.2, -0.15) is 0 Å². The van der Waals surface area contributed by atoms with Crippen LogP contribution in [0, 0.1) is 6.92 Å². The third-order valence-electron chi connectivity index (χ3n) is 1.80. The summed E-state index contributed by atoms with van der Waals surface area (Å²) in [5.41, 5.74) is 1.52. The van der Waals surface area contributed by atoms with Crippen LogP contribution in [0.2, 0.25) is 0 Å². The molecule has 0 saturated heterocycles. The summed E-state index contributed by atoms with van der Waals surface area (Å²) in [7, 11) is 1.84. The van der Waals surface area contributed by atoms with E-state index in [1.54, 1.807) is 12.3 Å². The van der Waals surface area contributed by atoms with Gasteiger partial charge in [0.2, 0.25) is 0 Å². The van der Waals surface area contributed by atoms with Crippen molar-refractivity contribution in [2.24, 2.45) is 0 Å². The van der Waals surface area contributed by atoms with Crippen molar-refractivity contribution in [2.45, 2.75) is 6.92 Å². The van der Waals surface area contributed by atoms with E-state index in [9.17, 15) is 4.79 Å². The molecule has 0 bridgehead atoms. The van der Waals surface area contributed by atoms with Gasteiger partial charge in [0, 0.05) is 19.3 Å². The molecule has 0 spiro atoms. The Morgan fingerprint density at radius 1 is 1.43 bits per heavy atom. The largest absolute Gasteiger partial charge is 0.349 e. The Morgan fingerprint density at radius 2 is 2.21 bits per heavy atom. The molecule has 0 radical (unpaired) electrons. The molecule has 0 saturated carbocycles. The van der Waals surface area contributed by atoms with E-state index in [4.69, 9.17) is 0 Å². The maximum atomic E-state index is 11.4. The van der Waals surface area contributed by atoms with Gasteiger partial charge in [0.05, 0.1) is 0 Å². The number of carbonyl (C=O) groups excluding carboxylic acids is 1. The Morgan fingerprint density at radius 3 is 2.79 bits per heavy atom. The van der Waals surface area contributed by atoms with Crippen LogP contribution in [0.3, 0.4) is 0 Å². The van der Waals surface area contributed by atoms with E-state index in [0.29, 0.717) is 12.2 Å². The first kappa shape index (κ1) is 10.7. The minimum atomic E-state index is -0.125. The fourth-order valence-electron chi connectivity index (χ4n) is 0.994. The van der Waals surface area contributed by atoms with Crippen molar-refractivity contribution in [1.29, 1.82) is 0 Å². The number of amides is 1. The molecule has 14 heavy (non-hydrogen) atoms. The van der Waals surface area contributed by atoms with Crippen molar-refractivity contribution in [2.75, 3.05) is 20.1 Å². The van der Waals surface area contributed by atoms with Crippen LogP contribution in [0.5, 0.6) is 0 Å². The zero-order chi connectivity index (χ0) is 10.4. The first-order valence-electron chi connectivity index (χ1n) is 4.59. The maximum absolute atomic E-state index is 11.4. The van der Waals surface area contributed by atoms with Crippen LogP contribution in [-0.2, 0) is 0 Å². The molecule has 1 rings (SSSR count). The number of nitrogens with one attached hydrogen (secondary N) is 2. The molecule has 2 N–H and O–H groups in total. The fraction of sp³-hybridized carbons (Fsp3) is 0.400. The predicted molar refractivity (Wildman–Crippen MR) is 55.2 cm³/mol. The van der Waals surface area contributed by atoms with Gasteiger partial charge < -0.3 is 10.6 Å². The minimum Gasteiger partial charge on any atom is -0.349 e. The molecular formula is C10H15N3O. The molecule has 0 unspecified atom stereocenters. The van der Waals surface area contributed by atoms with E-state index in [1.807, 2.05) is 20.0 Å². The lowest BCUT2D eigenvalue weighted by atomic mass is 10.2. The molecule has 4 nitrogen and oxygen atoms in total. The van der Waals surface area contributed by atoms with Crippen molar-refractivity contribution in [3.05, 3.63) is 29.6 Å². The third kappa shape index (κ3) is 3.14. The van der Waals surface area contributed by atoms with Crippen molar-refractivity contribution in [3.63, 3.8) is 0 Å². The van der Waals surface area contributed by atoms with Gasteiger partial charge in [-0.25, -0.2) is 0 Å². The van der Waals surface area contributed by atoms with E-state index >= 15 is 0 Å². The SMILES string of the molecule is CNCCNC(=O)c1ccc(C)cn1. The molecule has 0 fully saturated rings. The predicted octanol–water partition coefficient (Wildman–Crippen LogP) is 0.339. The van der Waals surface area contributed by atoms with Gasteiger partial charge in [0.15, 0.2) is 0 Å². The summed E-state index contributed by atoms with van der Waals surface area (Å²) >= 11 is 0. The van der Waals surface area contributed by atoms with Crippen LogP contribution in [0.1, 0.15) is 16.1 Å². The topological polar surface area (TPSA) is 54.0 Å². The molecule has 0 aliphatic carbocycles. The summed E-state index contributed by atoms with van der Waals surface area (Å²) in [5.74, 6) is -0.125. The number of carbonyl (C=O) groups is 1. The fourth-order valence-corrected chi connectivity index (χ4v) is 0.994. The average molecular weight is 193 g/mol. The van der Waals surface area contributed by atoms with E-state index in [1.165, 1.54) is 0 Å². The van der Waals surface area contributed by atoms with E-state index in [-0.39, 0.29) is 5.91 Å². The lowest BCUT2D eigenvalue weighted by Gasteiger charge is -2.03. The Kier molecular flexibility index (Phi) is 4.07. The van der Waals surface area contributed by atoms with E-state index < -0.39 is 0 Å². The Labute approximate surface area is 83.7 Å². The zero-order valence-electron chi connectivity index (χ0n) is 8.50. The molecule has 1 aromatic rings. The molecular weight excluding hydrogens is 178 g/mol. The third-order valence-corrected chi connectivity index (χ3v) is 1.80. The van der Waals surface area contributed by atoms with Crippen molar-refractivity contribution >= 4 is 5.91 Å². The lowest BCUT2D eigenvalue weighted by Crippen LogP contribution is -2.30. The van der Waals surface area contributed by atoms with Crippen molar-refractivity contribution in [1.82, 2.24) is 15.6 Å². The summed E-state index contributed by atoms with van der Waals surface area (Å²) in [6.45, 7) is 3.32. The normalized spacial score (nSPS) is 9.86. The molecule has 0 aliphatic rings. The molecule has 0 atom stereocenters. The molecule has 1 amide bonds. The number of likely N-dealkylation sites (N-methyl/N-ethyl adjacent to an activating group) is 1. The van der Waals surface area contributed by atoms with Gasteiger partial charge in [0.1, 0.15) is 5.69 Å². The zero-order valence-corrected chi connectivity index (χ0v) is 8.50. The van der Waals surface area contributed by atoms with Crippen LogP contribution >= 0.6 is 0 Å². The molecule has 0 aliphatic heterocycles. The number of aromatic nitrogens is 1. The summed E-state index contributed by atoms with van der Waals surface area (Å²) in [6.07, 6.45) is 1.69. The summed E-state index contributed by atoms with van der Waals surface area (Å²) in [5, 5.41) is 5.70. The summed E-state index contributed by atoms with van der Waals surface area (Å²) in [6, 6.07) is 3.60. The molecule has 1 heterocycles. The van der Waals surface area contributed by atoms with Crippen molar-refractivity contribution in [3.8, 4) is 0 Å². The van der Waals surface area contributed by atoms with Gasteiger partial charge in [0.25, 0.3) is 5.91 Å². The van der Waals surface area contributed by atoms with Gasteiger partial charge in [-0.15, -0.1) is 0 Å². The second kappa shape index (κ2) is 5.34. The number of pyridine rings is 1. The van der Waals surface area contributed by atoms with E-state index in [0.717, 1.165) is 12.1 Å². The van der Waals surface area contributed by atoms with Crippen LogP contribution in [0.25, 0.3) is 0 Å². The van der Waals surface area contributed by atoms with Gasteiger partial charge in [-0.3, -0.25) is 9.78 Å². The number of rotatable bonds is 4. The Balaban J connectivity index is 2.48. The number of aryl methyl sites for hydroxylation is 1. The Bertz CT molecular complexity index is 295. The highest BCUT2D eigenvalue weighted by molar-refractivity contribution is 5.92. The smallest absolute Gasteiger partial charge is 0.269 e. The molecule has 0 aromatic carbocycles. The van der Waals surface area contributed by atoms with Gasteiger partial charge >= 0.3 is 0 Å². The van der Waals surface area contributed by atoms with E-state index in [2.05, 4.69) is 15.6 Å². The quantitative estimate of drug-likeness (QED) is 0.678. The highest BCUT2D eigenvalue weighted by atomic mass is 16.1. The standard InChI is InChI=1S/C10H15N3O/c1-8-3-4-9(13-7-8)10(14)12-6-5-11-2/h3-4,7,11H,5-6H2,1-2H3,(H,12,14). The second-order valence-electron chi connectivity index (χ2n) is 3.08. The monoisotopic (exact) mass is 193 g/mol. The maximum Gasteiger partial charge on any atom is 0.269 e. The first-order chi connectivity index (χ1) is 6.74. The van der Waals surface area contributed by atoms with Crippen LogP contribution in [0.15, 0.2) is 18.3 Å². The van der Waals surface area contributed by atoms with Crippen molar-refractivity contribution < 1.29 is 4.79 Å². The molecule has 4 heteroatoms. The van der Waals surface area contributed by atoms with Crippen LogP contribution in [-0.4, -0.2) is 31.0 Å². The van der Waals surface area contributed by atoms with Gasteiger partial charge in [-0.1, -0.05) is 6.07 Å². The summed E-state index contributed by atoms with van der Waals surface area (Å²) < 4.78 is 0. The highest BCUT2D eigenvalue weighted by Gasteiger charge is 2.04.